The van der Waals surface area contributed by atoms with Crippen molar-refractivity contribution < 1.29 is 26.2 Å². The van der Waals surface area contributed by atoms with E-state index in [9.17, 15) is 26.2 Å². The lowest BCUT2D eigenvalue weighted by atomic mass is 9.71. The molecule has 0 amide bonds. The lowest BCUT2D eigenvalue weighted by molar-refractivity contribution is -0.0631. The molecule has 0 aliphatic carbocycles. The topological polar surface area (TPSA) is 58.7 Å². The van der Waals surface area contributed by atoms with Crippen molar-refractivity contribution in [3.63, 3.8) is 0 Å². The van der Waals surface area contributed by atoms with E-state index < -0.39 is 51.9 Å². The largest absolute Gasteiger partial charge is 0.431 e. The van der Waals surface area contributed by atoms with Crippen LogP contribution in [0.1, 0.15) is 37.8 Å². The number of rotatable bonds is 8. The van der Waals surface area contributed by atoms with Gasteiger partial charge in [-0.25, -0.2) is 8.60 Å². The summed E-state index contributed by atoms with van der Waals surface area (Å²) < 4.78 is 80.7. The summed E-state index contributed by atoms with van der Waals surface area (Å²) in [5.74, 6) is -0.801. The smallest absolute Gasteiger partial charge is 0.303 e. The fourth-order valence-electron chi connectivity index (χ4n) is 3.12. The molecule has 10 heteroatoms. The van der Waals surface area contributed by atoms with E-state index in [0.29, 0.717) is 0 Å². The maximum absolute atomic E-state index is 14.9. The van der Waals surface area contributed by atoms with Crippen LogP contribution in [0, 0.1) is 12.7 Å². The molecule has 0 aliphatic heterocycles. The van der Waals surface area contributed by atoms with E-state index in [4.69, 9.17) is 5.14 Å². The van der Waals surface area contributed by atoms with Gasteiger partial charge in [-0.2, -0.15) is 18.3 Å². The van der Waals surface area contributed by atoms with Crippen LogP contribution in [0.2, 0.25) is 0 Å². The number of hydrogen-bond donors (Lipinski definition) is 1. The molecule has 28 heavy (non-hydrogen) atoms. The van der Waals surface area contributed by atoms with E-state index >= 15 is 0 Å². The molecule has 1 aromatic carbocycles. The van der Waals surface area contributed by atoms with E-state index in [0.717, 1.165) is 5.01 Å². The van der Waals surface area contributed by atoms with Crippen molar-refractivity contribution in [1.29, 1.82) is 0 Å². The Morgan fingerprint density at radius 1 is 1.25 bits per heavy atom. The molecule has 0 saturated carbocycles. The maximum atomic E-state index is 14.9. The standard InChI is InChI=1S/C18H26F5N3OS/c1-12-7-6-8-13(15(12)20)17(11-19,10-16(2,3)28(24)27)9-14(18(21,22)23)25-26(4)5/h6-8H,9-11,24H2,1-5H3/b25-14-. The number of hydrazone groups is 1. The Bertz CT molecular complexity index is 749. The Kier molecular flexibility index (Phi) is 7.74. The van der Waals surface area contributed by atoms with Crippen LogP contribution in [0.4, 0.5) is 22.0 Å². The van der Waals surface area contributed by atoms with Crippen LogP contribution in [0.15, 0.2) is 23.3 Å². The predicted octanol–water partition coefficient (Wildman–Crippen LogP) is 4.00. The zero-order valence-electron chi connectivity index (χ0n) is 16.5. The van der Waals surface area contributed by atoms with Crippen LogP contribution in [0.3, 0.4) is 0 Å². The molecule has 0 bridgehead atoms. The highest BCUT2D eigenvalue weighted by molar-refractivity contribution is 7.84. The first kappa shape index (κ1) is 24.5. The number of nitrogens with zero attached hydrogens (tertiary/aromatic N) is 2. The average molecular weight is 427 g/mol. The van der Waals surface area contributed by atoms with Gasteiger partial charge in [0.15, 0.2) is 0 Å². The minimum Gasteiger partial charge on any atom is -0.303 e. The monoisotopic (exact) mass is 427 g/mol. The van der Waals surface area contributed by atoms with Gasteiger partial charge in [0.05, 0.1) is 22.4 Å². The van der Waals surface area contributed by atoms with Gasteiger partial charge >= 0.3 is 6.18 Å². The van der Waals surface area contributed by atoms with Gasteiger partial charge < -0.3 is 5.01 Å². The summed E-state index contributed by atoms with van der Waals surface area (Å²) in [6.07, 6.45) is -6.15. The average Bonchev–Trinajstić information content (AvgIpc) is 2.54. The summed E-state index contributed by atoms with van der Waals surface area (Å²) in [7, 11) is 0.624. The molecule has 1 aromatic rings. The molecule has 0 fully saturated rings. The lowest BCUT2D eigenvalue weighted by Crippen LogP contribution is -2.46. The summed E-state index contributed by atoms with van der Waals surface area (Å²) in [4.78, 5) is 0. The molecule has 4 nitrogen and oxygen atoms in total. The molecular weight excluding hydrogens is 401 g/mol. The van der Waals surface area contributed by atoms with Crippen molar-refractivity contribution in [3.05, 3.63) is 35.1 Å². The summed E-state index contributed by atoms with van der Waals surface area (Å²) >= 11 is 0. The van der Waals surface area contributed by atoms with E-state index in [-0.39, 0.29) is 17.5 Å². The highest BCUT2D eigenvalue weighted by Gasteiger charge is 2.48. The van der Waals surface area contributed by atoms with Gasteiger partial charge in [-0.3, -0.25) is 9.53 Å². The molecule has 0 radical (unpaired) electrons. The van der Waals surface area contributed by atoms with E-state index in [2.05, 4.69) is 5.10 Å². The third-order valence-electron chi connectivity index (χ3n) is 4.48. The van der Waals surface area contributed by atoms with Gasteiger partial charge in [-0.15, -0.1) is 0 Å². The van der Waals surface area contributed by atoms with E-state index in [1.807, 2.05) is 0 Å². The van der Waals surface area contributed by atoms with Crippen molar-refractivity contribution in [2.75, 3.05) is 20.8 Å². The van der Waals surface area contributed by atoms with Gasteiger partial charge in [0, 0.05) is 25.9 Å². The van der Waals surface area contributed by atoms with Crippen LogP contribution in [0.5, 0.6) is 0 Å². The molecule has 0 saturated heterocycles. The molecule has 0 aromatic heterocycles. The van der Waals surface area contributed by atoms with Crippen LogP contribution in [-0.2, 0) is 16.4 Å². The molecule has 0 heterocycles. The van der Waals surface area contributed by atoms with Gasteiger partial charge in [-0.1, -0.05) is 18.2 Å². The molecule has 160 valence electrons. The molecule has 2 N–H and O–H groups in total. The first-order valence-electron chi connectivity index (χ1n) is 8.46. The van der Waals surface area contributed by atoms with Crippen LogP contribution < -0.4 is 5.14 Å². The van der Waals surface area contributed by atoms with Crippen molar-refractivity contribution in [2.24, 2.45) is 10.2 Å². The zero-order valence-corrected chi connectivity index (χ0v) is 17.3. The van der Waals surface area contributed by atoms with Crippen LogP contribution >= 0.6 is 0 Å². The Hall–Kier alpha value is -1.55. The number of hydrogen-bond acceptors (Lipinski definition) is 3. The Labute approximate surface area is 164 Å². The summed E-state index contributed by atoms with van der Waals surface area (Å²) in [5.41, 5.74) is -3.25. The van der Waals surface area contributed by atoms with E-state index in [1.165, 1.54) is 53.1 Å². The maximum Gasteiger partial charge on any atom is 0.431 e. The van der Waals surface area contributed by atoms with Crippen LogP contribution in [0.25, 0.3) is 0 Å². The zero-order chi connectivity index (χ0) is 21.9. The Morgan fingerprint density at radius 3 is 2.25 bits per heavy atom. The lowest BCUT2D eigenvalue weighted by Gasteiger charge is -2.38. The Balaban J connectivity index is 3.71. The number of alkyl halides is 4. The van der Waals surface area contributed by atoms with Gasteiger partial charge in [0.2, 0.25) is 0 Å². The Morgan fingerprint density at radius 2 is 1.82 bits per heavy atom. The summed E-state index contributed by atoms with van der Waals surface area (Å²) in [6.45, 7) is 3.01. The van der Waals surface area contributed by atoms with Crippen molar-refractivity contribution in [2.45, 2.75) is 50.0 Å². The van der Waals surface area contributed by atoms with Gasteiger partial charge in [0.1, 0.15) is 11.5 Å². The number of halogens is 5. The highest BCUT2D eigenvalue weighted by Crippen LogP contribution is 2.42. The first-order valence-corrected chi connectivity index (χ1v) is 9.67. The van der Waals surface area contributed by atoms with E-state index in [1.54, 1.807) is 0 Å². The van der Waals surface area contributed by atoms with Gasteiger partial charge in [-0.05, 0) is 38.3 Å². The summed E-state index contributed by atoms with van der Waals surface area (Å²) in [6, 6.07) is 4.13. The second kappa shape index (κ2) is 8.86. The molecular formula is C18H26F5N3OS. The number of nitrogens with two attached hydrogens (primary N) is 1. The van der Waals surface area contributed by atoms with Crippen molar-refractivity contribution in [3.8, 4) is 0 Å². The molecule has 0 aliphatic rings. The minimum absolute atomic E-state index is 0.167. The molecule has 1 rings (SSSR count). The van der Waals surface area contributed by atoms with Crippen LogP contribution in [-0.4, -0.2) is 46.6 Å². The minimum atomic E-state index is -4.85. The fourth-order valence-corrected chi connectivity index (χ4v) is 3.54. The van der Waals surface area contributed by atoms with Crippen molar-refractivity contribution >= 4 is 16.7 Å². The van der Waals surface area contributed by atoms with Gasteiger partial charge in [0.25, 0.3) is 0 Å². The fraction of sp³-hybridized carbons (Fsp3) is 0.611. The van der Waals surface area contributed by atoms with Crippen molar-refractivity contribution in [1.82, 2.24) is 5.01 Å². The normalized spacial score (nSPS) is 16.6. The number of aryl methyl sites for hydroxylation is 1. The molecule has 2 unspecified atom stereocenters. The quantitative estimate of drug-likeness (QED) is 0.387. The summed E-state index contributed by atoms with van der Waals surface area (Å²) in [5, 5.41) is 9.88. The first-order chi connectivity index (χ1) is 12.7. The molecule has 0 spiro atoms. The third kappa shape index (κ3) is 5.73. The highest BCUT2D eigenvalue weighted by atomic mass is 32.2. The predicted molar refractivity (Wildman–Crippen MR) is 102 cm³/mol. The second-order valence-electron chi connectivity index (χ2n) is 7.65. The SMILES string of the molecule is Cc1cccc(C(CF)(C/C(=N/N(C)C)C(F)(F)F)CC(C)(C)S(N)=O)c1F. The molecule has 2 atom stereocenters. The second-order valence-corrected chi connectivity index (χ2v) is 9.35. The third-order valence-corrected chi connectivity index (χ3v) is 5.72. The number of benzene rings is 1.